The van der Waals surface area contributed by atoms with Gasteiger partial charge < -0.3 is 11.1 Å². The molecule has 4 heteroatoms. The molecule has 1 aromatic carbocycles. The molecule has 74 valence electrons. The van der Waals surface area contributed by atoms with Crippen LogP contribution in [0.2, 0.25) is 5.02 Å². The van der Waals surface area contributed by atoms with Gasteiger partial charge in [0.15, 0.2) is 0 Å². The Kier molecular flexibility index (Phi) is 2.33. The minimum Gasteiger partial charge on any atom is -0.386 e. The zero-order valence-corrected chi connectivity index (χ0v) is 8.18. The Morgan fingerprint density at radius 3 is 2.93 bits per heavy atom. The third-order valence-corrected chi connectivity index (χ3v) is 2.58. The molecule has 3 N–H and O–H groups in total. The molecule has 0 spiro atoms. The highest BCUT2D eigenvalue weighted by Crippen LogP contribution is 2.27. The van der Waals surface area contributed by atoms with E-state index < -0.39 is 0 Å². The second-order valence-electron chi connectivity index (χ2n) is 3.25. The topological polar surface area (TPSA) is 38.0 Å². The standard InChI is InChI=1S/C10H10ClFN2/c11-8-3-1-2-7(10(8)12)6-4-9(13)14-5-6/h1-4,6,14H,5,13H2/t6-/m1/s1. The van der Waals surface area contributed by atoms with Crippen LogP contribution in [0.4, 0.5) is 4.39 Å². The summed E-state index contributed by atoms with van der Waals surface area (Å²) in [6.07, 6.45) is 1.80. The molecule has 0 amide bonds. The van der Waals surface area contributed by atoms with Gasteiger partial charge >= 0.3 is 0 Å². The zero-order chi connectivity index (χ0) is 10.1. The van der Waals surface area contributed by atoms with E-state index in [0.717, 1.165) is 0 Å². The molecule has 0 aliphatic carbocycles. The van der Waals surface area contributed by atoms with E-state index in [0.29, 0.717) is 17.9 Å². The highest BCUT2D eigenvalue weighted by Gasteiger charge is 2.19. The van der Waals surface area contributed by atoms with Crippen LogP contribution < -0.4 is 11.1 Å². The molecule has 0 fully saturated rings. The monoisotopic (exact) mass is 212 g/mol. The molecule has 1 aliphatic rings. The Bertz CT molecular complexity index is 390. The van der Waals surface area contributed by atoms with Crippen molar-refractivity contribution in [3.8, 4) is 0 Å². The van der Waals surface area contributed by atoms with Crippen molar-refractivity contribution in [2.75, 3.05) is 6.54 Å². The molecule has 1 aliphatic heterocycles. The number of hydrogen-bond donors (Lipinski definition) is 2. The van der Waals surface area contributed by atoms with Gasteiger partial charge in [0, 0.05) is 12.5 Å². The largest absolute Gasteiger partial charge is 0.386 e. The van der Waals surface area contributed by atoms with E-state index in [-0.39, 0.29) is 16.8 Å². The van der Waals surface area contributed by atoms with Gasteiger partial charge in [-0.25, -0.2) is 4.39 Å². The van der Waals surface area contributed by atoms with Crippen LogP contribution in [0.5, 0.6) is 0 Å². The lowest BCUT2D eigenvalue weighted by molar-refractivity contribution is 0.600. The van der Waals surface area contributed by atoms with Crippen LogP contribution in [-0.2, 0) is 0 Å². The summed E-state index contributed by atoms with van der Waals surface area (Å²) in [6.45, 7) is 0.628. The van der Waals surface area contributed by atoms with Gasteiger partial charge in [-0.2, -0.15) is 0 Å². The fraction of sp³-hybridized carbons (Fsp3) is 0.200. The molecule has 2 nitrogen and oxygen atoms in total. The maximum absolute atomic E-state index is 13.6. The van der Waals surface area contributed by atoms with Crippen molar-refractivity contribution >= 4 is 11.6 Å². The van der Waals surface area contributed by atoms with Crippen molar-refractivity contribution in [3.63, 3.8) is 0 Å². The zero-order valence-electron chi connectivity index (χ0n) is 7.43. The van der Waals surface area contributed by atoms with E-state index in [2.05, 4.69) is 5.32 Å². The van der Waals surface area contributed by atoms with Crippen molar-refractivity contribution in [2.45, 2.75) is 5.92 Å². The third-order valence-electron chi connectivity index (χ3n) is 2.29. The van der Waals surface area contributed by atoms with E-state index in [4.69, 9.17) is 17.3 Å². The number of hydrogen-bond acceptors (Lipinski definition) is 2. The average Bonchev–Trinajstić information content (AvgIpc) is 2.57. The van der Waals surface area contributed by atoms with Gasteiger partial charge in [-0.3, -0.25) is 0 Å². The van der Waals surface area contributed by atoms with E-state index in [9.17, 15) is 4.39 Å². The van der Waals surface area contributed by atoms with Gasteiger partial charge in [-0.05, 0) is 17.7 Å². The molecule has 0 unspecified atom stereocenters. The van der Waals surface area contributed by atoms with Crippen molar-refractivity contribution in [1.29, 1.82) is 0 Å². The van der Waals surface area contributed by atoms with Gasteiger partial charge in [-0.15, -0.1) is 0 Å². The van der Waals surface area contributed by atoms with Crippen molar-refractivity contribution in [3.05, 3.63) is 46.5 Å². The number of nitrogens with two attached hydrogens (primary N) is 1. The molecule has 0 radical (unpaired) electrons. The van der Waals surface area contributed by atoms with Crippen molar-refractivity contribution < 1.29 is 4.39 Å². The summed E-state index contributed by atoms with van der Waals surface area (Å²) >= 11 is 5.68. The van der Waals surface area contributed by atoms with Crippen LogP contribution in [0.25, 0.3) is 0 Å². The Morgan fingerprint density at radius 2 is 2.29 bits per heavy atom. The van der Waals surface area contributed by atoms with E-state index >= 15 is 0 Å². The molecule has 14 heavy (non-hydrogen) atoms. The molecule has 2 rings (SSSR count). The number of halogens is 2. The second kappa shape index (κ2) is 3.50. The molecule has 1 atom stereocenters. The first-order valence-corrected chi connectivity index (χ1v) is 4.71. The summed E-state index contributed by atoms with van der Waals surface area (Å²) < 4.78 is 13.6. The molecule has 1 heterocycles. The maximum atomic E-state index is 13.6. The molecule has 1 aromatic rings. The first kappa shape index (κ1) is 9.34. The average molecular weight is 213 g/mol. The Hall–Kier alpha value is -1.22. The minimum absolute atomic E-state index is 0.0197. The molecule has 0 saturated carbocycles. The Balaban J connectivity index is 2.37. The first-order chi connectivity index (χ1) is 6.68. The smallest absolute Gasteiger partial charge is 0.145 e. The Morgan fingerprint density at radius 1 is 1.50 bits per heavy atom. The van der Waals surface area contributed by atoms with Gasteiger partial charge in [0.25, 0.3) is 0 Å². The summed E-state index contributed by atoms with van der Waals surface area (Å²) in [4.78, 5) is 0. The van der Waals surface area contributed by atoms with E-state index in [1.165, 1.54) is 6.07 Å². The highest BCUT2D eigenvalue weighted by molar-refractivity contribution is 6.30. The Labute approximate surface area is 86.6 Å². The van der Waals surface area contributed by atoms with Crippen molar-refractivity contribution in [1.82, 2.24) is 5.32 Å². The van der Waals surface area contributed by atoms with Crippen LogP contribution >= 0.6 is 11.6 Å². The first-order valence-electron chi connectivity index (χ1n) is 4.33. The number of rotatable bonds is 1. The fourth-order valence-electron chi connectivity index (χ4n) is 1.57. The lowest BCUT2D eigenvalue weighted by Crippen LogP contribution is -2.16. The summed E-state index contributed by atoms with van der Waals surface area (Å²) in [5.74, 6) is 0.218. The summed E-state index contributed by atoms with van der Waals surface area (Å²) in [5, 5.41) is 3.10. The number of nitrogens with one attached hydrogen (secondary N) is 1. The normalized spacial score (nSPS) is 20.4. The summed E-state index contributed by atoms with van der Waals surface area (Å²) in [5.41, 5.74) is 6.13. The van der Waals surface area contributed by atoms with Crippen molar-refractivity contribution in [2.24, 2.45) is 5.73 Å². The maximum Gasteiger partial charge on any atom is 0.145 e. The minimum atomic E-state index is -0.355. The molecule has 0 saturated heterocycles. The van der Waals surface area contributed by atoms with Gasteiger partial charge in [0.05, 0.1) is 10.8 Å². The predicted octanol–water partition coefficient (Wildman–Crippen LogP) is 1.97. The van der Waals surface area contributed by atoms with Crippen LogP contribution in [0.3, 0.4) is 0 Å². The van der Waals surface area contributed by atoms with Crippen LogP contribution in [0.15, 0.2) is 30.1 Å². The lowest BCUT2D eigenvalue weighted by Gasteiger charge is -2.09. The fourth-order valence-corrected chi connectivity index (χ4v) is 1.75. The van der Waals surface area contributed by atoms with Crippen LogP contribution in [0, 0.1) is 5.82 Å². The van der Waals surface area contributed by atoms with Gasteiger partial charge in [0.2, 0.25) is 0 Å². The summed E-state index contributed by atoms with van der Waals surface area (Å²) in [7, 11) is 0. The van der Waals surface area contributed by atoms with Gasteiger partial charge in [-0.1, -0.05) is 23.7 Å². The van der Waals surface area contributed by atoms with Crippen LogP contribution in [-0.4, -0.2) is 6.54 Å². The SMILES string of the molecule is NC1=C[C@@H](c2cccc(Cl)c2F)CN1. The quantitative estimate of drug-likeness (QED) is 0.747. The molecule has 0 aromatic heterocycles. The molecule has 0 bridgehead atoms. The van der Waals surface area contributed by atoms with E-state index in [1.807, 2.05) is 0 Å². The number of benzene rings is 1. The molecular formula is C10H10ClFN2. The van der Waals surface area contributed by atoms with Crippen LogP contribution in [0.1, 0.15) is 11.5 Å². The third kappa shape index (κ3) is 1.55. The lowest BCUT2D eigenvalue weighted by atomic mass is 10.00. The molecular weight excluding hydrogens is 203 g/mol. The second-order valence-corrected chi connectivity index (χ2v) is 3.66. The highest BCUT2D eigenvalue weighted by atomic mass is 35.5. The summed E-state index contributed by atoms with van der Waals surface area (Å²) in [6, 6.07) is 5.00. The van der Waals surface area contributed by atoms with Gasteiger partial charge in [0.1, 0.15) is 5.82 Å². The van der Waals surface area contributed by atoms with E-state index in [1.54, 1.807) is 18.2 Å². The predicted molar refractivity (Wildman–Crippen MR) is 54.4 cm³/mol.